The number of methoxy groups -OCH3 is 3. The molecular formula is C12H14N4O3. The molecule has 0 spiro atoms. The van der Waals surface area contributed by atoms with Gasteiger partial charge in [-0.2, -0.15) is 5.10 Å². The van der Waals surface area contributed by atoms with Crippen LogP contribution in [0.1, 0.15) is 5.56 Å². The van der Waals surface area contributed by atoms with Crippen molar-refractivity contribution in [3.8, 4) is 17.2 Å². The summed E-state index contributed by atoms with van der Waals surface area (Å²) in [6.07, 6.45) is 4.53. The predicted octanol–water partition coefficient (Wildman–Crippen LogP) is 1.19. The third-order valence-corrected chi connectivity index (χ3v) is 2.42. The lowest BCUT2D eigenvalue weighted by atomic mass is 10.2. The molecule has 0 atom stereocenters. The van der Waals surface area contributed by atoms with Crippen molar-refractivity contribution < 1.29 is 14.2 Å². The van der Waals surface area contributed by atoms with Gasteiger partial charge in [-0.3, -0.25) is 0 Å². The predicted molar refractivity (Wildman–Crippen MR) is 69.1 cm³/mol. The number of hydrogen-bond acceptors (Lipinski definition) is 6. The molecule has 1 heterocycles. The zero-order valence-electron chi connectivity index (χ0n) is 10.9. The maximum atomic E-state index is 5.25. The first-order chi connectivity index (χ1) is 9.28. The van der Waals surface area contributed by atoms with E-state index in [1.165, 1.54) is 17.4 Å². The monoisotopic (exact) mass is 262 g/mol. The molecular weight excluding hydrogens is 248 g/mol. The number of nitrogens with zero attached hydrogens (tertiary/aromatic N) is 4. The van der Waals surface area contributed by atoms with E-state index >= 15 is 0 Å². The van der Waals surface area contributed by atoms with E-state index in [9.17, 15) is 0 Å². The highest BCUT2D eigenvalue weighted by Crippen LogP contribution is 2.37. The normalized spacial score (nSPS) is 10.7. The largest absolute Gasteiger partial charge is 0.493 e. The Balaban J connectivity index is 2.36. The highest BCUT2D eigenvalue weighted by molar-refractivity contribution is 5.82. The van der Waals surface area contributed by atoms with Gasteiger partial charge in [-0.25, -0.2) is 4.98 Å². The Morgan fingerprint density at radius 2 is 1.79 bits per heavy atom. The van der Waals surface area contributed by atoms with Crippen LogP contribution >= 0.6 is 0 Å². The van der Waals surface area contributed by atoms with Crippen LogP contribution in [0.25, 0.3) is 0 Å². The van der Waals surface area contributed by atoms with Gasteiger partial charge in [-0.1, -0.05) is 0 Å². The van der Waals surface area contributed by atoms with Crippen LogP contribution in [0.15, 0.2) is 29.9 Å². The number of hydrogen-bond donors (Lipinski definition) is 0. The van der Waals surface area contributed by atoms with Crippen molar-refractivity contribution in [1.82, 2.24) is 14.9 Å². The molecule has 100 valence electrons. The quantitative estimate of drug-likeness (QED) is 0.757. The highest BCUT2D eigenvalue weighted by atomic mass is 16.5. The molecule has 0 amide bonds. The molecule has 0 aliphatic rings. The summed E-state index contributed by atoms with van der Waals surface area (Å²) in [6, 6.07) is 3.59. The molecule has 0 bridgehead atoms. The Hall–Kier alpha value is -2.57. The number of benzene rings is 1. The molecule has 19 heavy (non-hydrogen) atoms. The Labute approximate surface area is 110 Å². The van der Waals surface area contributed by atoms with Crippen LogP contribution in [-0.4, -0.2) is 42.4 Å². The number of aromatic nitrogens is 3. The molecule has 0 fully saturated rings. The Kier molecular flexibility index (Phi) is 3.97. The van der Waals surface area contributed by atoms with Gasteiger partial charge >= 0.3 is 0 Å². The summed E-state index contributed by atoms with van der Waals surface area (Å²) in [6.45, 7) is 0. The van der Waals surface area contributed by atoms with Crippen LogP contribution in [0.3, 0.4) is 0 Å². The van der Waals surface area contributed by atoms with Crippen LogP contribution in [0.4, 0.5) is 0 Å². The van der Waals surface area contributed by atoms with E-state index in [1.807, 2.05) is 0 Å². The molecule has 0 saturated carbocycles. The Bertz CT molecular complexity index is 541. The SMILES string of the molecule is COc1cc(C=Nn2cncn2)cc(OC)c1OC. The van der Waals surface area contributed by atoms with Gasteiger partial charge < -0.3 is 14.2 Å². The minimum Gasteiger partial charge on any atom is -0.493 e. The molecule has 0 aliphatic carbocycles. The van der Waals surface area contributed by atoms with Gasteiger partial charge in [0.05, 0.1) is 27.5 Å². The fourth-order valence-electron chi connectivity index (χ4n) is 1.56. The van der Waals surface area contributed by atoms with Gasteiger partial charge in [-0.15, -0.1) is 9.89 Å². The summed E-state index contributed by atoms with van der Waals surface area (Å²) in [5, 5.41) is 7.98. The van der Waals surface area contributed by atoms with Crippen molar-refractivity contribution in [3.63, 3.8) is 0 Å². The smallest absolute Gasteiger partial charge is 0.203 e. The molecule has 7 heteroatoms. The molecule has 0 unspecified atom stereocenters. The maximum Gasteiger partial charge on any atom is 0.203 e. The van der Waals surface area contributed by atoms with Crippen molar-refractivity contribution in [3.05, 3.63) is 30.4 Å². The Morgan fingerprint density at radius 1 is 1.11 bits per heavy atom. The summed E-state index contributed by atoms with van der Waals surface area (Å²) in [5.41, 5.74) is 0.796. The summed E-state index contributed by atoms with van der Waals surface area (Å²) in [7, 11) is 4.69. The van der Waals surface area contributed by atoms with E-state index in [4.69, 9.17) is 14.2 Å². The van der Waals surface area contributed by atoms with Crippen molar-refractivity contribution in [2.75, 3.05) is 21.3 Å². The third kappa shape index (κ3) is 2.82. The lowest BCUT2D eigenvalue weighted by Crippen LogP contribution is -1.97. The van der Waals surface area contributed by atoms with Crippen LogP contribution in [0, 0.1) is 0 Å². The molecule has 2 rings (SSSR count). The Morgan fingerprint density at radius 3 is 2.26 bits per heavy atom. The second-order valence-corrected chi connectivity index (χ2v) is 3.52. The first kappa shape index (κ1) is 12.9. The average Bonchev–Trinajstić information content (AvgIpc) is 2.97. The van der Waals surface area contributed by atoms with Gasteiger partial charge in [0, 0.05) is 5.56 Å². The molecule has 1 aromatic carbocycles. The van der Waals surface area contributed by atoms with E-state index in [1.54, 1.807) is 39.7 Å². The summed E-state index contributed by atoms with van der Waals surface area (Å²) in [4.78, 5) is 5.15. The number of rotatable bonds is 5. The molecule has 7 nitrogen and oxygen atoms in total. The minimum atomic E-state index is 0.544. The van der Waals surface area contributed by atoms with Crippen molar-refractivity contribution >= 4 is 6.21 Å². The average molecular weight is 262 g/mol. The molecule has 0 aliphatic heterocycles. The van der Waals surface area contributed by atoms with E-state index in [0.29, 0.717) is 17.2 Å². The molecule has 0 N–H and O–H groups in total. The highest BCUT2D eigenvalue weighted by Gasteiger charge is 2.12. The van der Waals surface area contributed by atoms with E-state index < -0.39 is 0 Å². The minimum absolute atomic E-state index is 0.544. The first-order valence-corrected chi connectivity index (χ1v) is 5.47. The van der Waals surface area contributed by atoms with Crippen molar-refractivity contribution in [2.24, 2.45) is 5.10 Å². The van der Waals surface area contributed by atoms with Gasteiger partial charge in [-0.05, 0) is 12.1 Å². The second kappa shape index (κ2) is 5.85. The van der Waals surface area contributed by atoms with E-state index in [-0.39, 0.29) is 0 Å². The van der Waals surface area contributed by atoms with E-state index in [0.717, 1.165) is 5.56 Å². The fraction of sp³-hybridized carbons (Fsp3) is 0.250. The summed E-state index contributed by atoms with van der Waals surface area (Å²) >= 11 is 0. The lowest BCUT2D eigenvalue weighted by Gasteiger charge is -2.12. The fourth-order valence-corrected chi connectivity index (χ4v) is 1.56. The second-order valence-electron chi connectivity index (χ2n) is 3.52. The van der Waals surface area contributed by atoms with Gasteiger partial charge in [0.25, 0.3) is 0 Å². The first-order valence-electron chi connectivity index (χ1n) is 5.47. The molecule has 1 aromatic heterocycles. The number of ether oxygens (including phenoxy) is 3. The van der Waals surface area contributed by atoms with Gasteiger partial charge in [0.15, 0.2) is 11.5 Å². The van der Waals surface area contributed by atoms with Crippen molar-refractivity contribution in [2.45, 2.75) is 0 Å². The third-order valence-electron chi connectivity index (χ3n) is 2.42. The summed E-state index contributed by atoms with van der Waals surface area (Å²) < 4.78 is 15.8. The standard InChI is InChI=1S/C12H14N4O3/c1-17-10-4-9(5-11(18-2)12(10)19-3)6-14-16-8-13-7-15-16/h4-8H,1-3H3. The topological polar surface area (TPSA) is 70.8 Å². The van der Waals surface area contributed by atoms with Crippen LogP contribution in [-0.2, 0) is 0 Å². The van der Waals surface area contributed by atoms with Crippen LogP contribution in [0.2, 0.25) is 0 Å². The van der Waals surface area contributed by atoms with Crippen molar-refractivity contribution in [1.29, 1.82) is 0 Å². The lowest BCUT2D eigenvalue weighted by molar-refractivity contribution is 0.324. The zero-order chi connectivity index (χ0) is 13.7. The summed E-state index contributed by atoms with van der Waals surface area (Å²) in [5.74, 6) is 1.69. The zero-order valence-corrected chi connectivity index (χ0v) is 10.9. The van der Waals surface area contributed by atoms with Crippen LogP contribution in [0.5, 0.6) is 17.2 Å². The molecule has 0 saturated heterocycles. The molecule has 0 radical (unpaired) electrons. The molecule has 2 aromatic rings. The van der Waals surface area contributed by atoms with Gasteiger partial charge in [0.1, 0.15) is 12.7 Å². The van der Waals surface area contributed by atoms with E-state index in [2.05, 4.69) is 15.2 Å². The maximum absolute atomic E-state index is 5.25. The van der Waals surface area contributed by atoms with Crippen LogP contribution < -0.4 is 14.2 Å². The van der Waals surface area contributed by atoms with Gasteiger partial charge in [0.2, 0.25) is 5.75 Å².